The van der Waals surface area contributed by atoms with Crippen molar-refractivity contribution in [2.75, 3.05) is 18.0 Å². The third kappa shape index (κ3) is 4.05. The molecule has 5 rings (SSSR count). The van der Waals surface area contributed by atoms with Crippen LogP contribution in [0, 0.1) is 5.92 Å². The molecule has 15 heteroatoms. The zero-order chi connectivity index (χ0) is 29.4. The van der Waals surface area contributed by atoms with Crippen molar-refractivity contribution in [2.24, 2.45) is 5.92 Å². The van der Waals surface area contributed by atoms with E-state index in [0.29, 0.717) is 6.54 Å². The molecule has 0 aromatic heterocycles. The maximum absolute atomic E-state index is 13.3. The number of nitrogens with one attached hydrogen (secondary N) is 1. The molecule has 40 heavy (non-hydrogen) atoms. The normalized spacial score (nSPS) is 15.2. The van der Waals surface area contributed by atoms with E-state index in [4.69, 9.17) is 20.9 Å². The maximum Gasteiger partial charge on any atom is 0.340 e. The van der Waals surface area contributed by atoms with Crippen LogP contribution in [0.4, 0.5) is 11.4 Å². The first-order valence-electron chi connectivity index (χ1n) is 11.7. The Morgan fingerprint density at radius 2 is 1.40 bits per heavy atom. The molecule has 2 aliphatic rings. The highest BCUT2D eigenvalue weighted by Crippen LogP contribution is 2.59. The summed E-state index contributed by atoms with van der Waals surface area (Å²) in [5.41, 5.74) is 8.63. The number of anilines is 2. The lowest BCUT2D eigenvalue weighted by atomic mass is 9.77. The number of hydrogen-bond donors (Lipinski definition) is 5. The summed E-state index contributed by atoms with van der Waals surface area (Å²) in [6.07, 6.45) is 0. The zero-order valence-corrected chi connectivity index (χ0v) is 22.6. The Morgan fingerprint density at radius 3 is 1.88 bits per heavy atom. The Bertz CT molecular complexity index is 1760. The average Bonchev–Trinajstić information content (AvgIpc) is 3.12. The number of fused-ring (bicyclic) bond motifs is 6. The molecular weight excluding hydrogens is 566 g/mol. The Morgan fingerprint density at radius 1 is 0.900 bits per heavy atom. The predicted octanol–water partition coefficient (Wildman–Crippen LogP) is 2.30. The monoisotopic (exact) mass is 589 g/mol. The van der Waals surface area contributed by atoms with Crippen molar-refractivity contribution in [2.45, 2.75) is 29.2 Å². The van der Waals surface area contributed by atoms with Gasteiger partial charge in [0.1, 0.15) is 0 Å². The molecule has 0 aliphatic carbocycles. The summed E-state index contributed by atoms with van der Waals surface area (Å²) in [6.45, 7) is 4.19. The molecule has 0 saturated heterocycles. The van der Waals surface area contributed by atoms with E-state index < -0.39 is 70.4 Å². The number of ether oxygens (including phenoxy) is 2. The fraction of sp³-hybridized carbons (Fsp3) is 0.200. The Labute approximate surface area is 228 Å². The fourth-order valence-corrected chi connectivity index (χ4v) is 6.41. The molecule has 3 aromatic carbocycles. The standard InChI is InChI=1S/C25H23N3O10S2/c1-11(2)10-28-23(29)12-3-4-14-13(9-12)24(30)38-25(14)15-5-7-17(26)21(39(31,32)33)19(15)37-20-16(25)6-8-18(27)22(20)40(34,35)36/h3-9,11H,10,26-27H2,1-2H3,(H,28,29)(H,31,32,33)(H,34,35,36). The number of carbonyl (C=O) groups excluding carboxylic acids is 2. The molecule has 1 amide bonds. The molecule has 3 aromatic rings. The molecule has 0 radical (unpaired) electrons. The highest BCUT2D eigenvalue weighted by atomic mass is 32.2. The van der Waals surface area contributed by atoms with Crippen LogP contribution in [0.5, 0.6) is 11.5 Å². The molecule has 13 nitrogen and oxygen atoms in total. The summed E-state index contributed by atoms with van der Waals surface area (Å²) in [6, 6.07) is 8.95. The van der Waals surface area contributed by atoms with E-state index in [9.17, 15) is 35.5 Å². The molecule has 0 fully saturated rings. The summed E-state index contributed by atoms with van der Waals surface area (Å²) < 4.78 is 81.1. The second kappa shape index (κ2) is 8.92. The van der Waals surface area contributed by atoms with E-state index in [1.807, 2.05) is 13.8 Å². The molecule has 0 unspecified atom stereocenters. The molecule has 0 saturated carbocycles. The third-order valence-corrected chi connectivity index (χ3v) is 8.44. The number of hydrogen-bond acceptors (Lipinski definition) is 10. The molecule has 0 bridgehead atoms. The van der Waals surface area contributed by atoms with E-state index in [1.165, 1.54) is 30.3 Å². The smallest absolute Gasteiger partial charge is 0.340 e. The fourth-order valence-electron chi connectivity index (χ4n) is 4.90. The van der Waals surface area contributed by atoms with Crippen LogP contribution >= 0.6 is 0 Å². The van der Waals surface area contributed by atoms with Gasteiger partial charge in [-0.2, -0.15) is 16.8 Å². The van der Waals surface area contributed by atoms with Crippen molar-refractivity contribution in [3.8, 4) is 11.5 Å². The van der Waals surface area contributed by atoms with E-state index in [-0.39, 0.29) is 33.7 Å². The SMILES string of the molecule is CC(C)CNC(=O)c1ccc2c(c1)C(=O)OC21c2ccc(N)c(S(=O)(=O)O)c2Oc2c1ccc(N)c2S(=O)(=O)O. The first kappa shape index (κ1) is 27.4. The zero-order valence-electron chi connectivity index (χ0n) is 21.0. The largest absolute Gasteiger partial charge is 0.453 e. The minimum Gasteiger partial charge on any atom is -0.453 e. The van der Waals surface area contributed by atoms with Crippen LogP contribution in [-0.4, -0.2) is 44.4 Å². The van der Waals surface area contributed by atoms with Gasteiger partial charge in [0.15, 0.2) is 26.9 Å². The van der Waals surface area contributed by atoms with Gasteiger partial charge >= 0.3 is 5.97 Å². The average molecular weight is 590 g/mol. The van der Waals surface area contributed by atoms with Gasteiger partial charge in [0, 0.05) is 28.8 Å². The van der Waals surface area contributed by atoms with Crippen LogP contribution in [0.2, 0.25) is 0 Å². The molecule has 0 atom stereocenters. The minimum absolute atomic E-state index is 0.0774. The first-order chi connectivity index (χ1) is 18.6. The maximum atomic E-state index is 13.3. The summed E-state index contributed by atoms with van der Waals surface area (Å²) in [4.78, 5) is 24.2. The van der Waals surface area contributed by atoms with Crippen molar-refractivity contribution in [1.29, 1.82) is 0 Å². The lowest BCUT2D eigenvalue weighted by Gasteiger charge is -2.37. The van der Waals surface area contributed by atoms with Crippen molar-refractivity contribution < 1.29 is 45.0 Å². The molecular formula is C25H23N3O10S2. The molecule has 210 valence electrons. The summed E-state index contributed by atoms with van der Waals surface area (Å²) in [5, 5.41) is 2.74. The van der Waals surface area contributed by atoms with Gasteiger partial charge in [0.2, 0.25) is 0 Å². The summed E-state index contributed by atoms with van der Waals surface area (Å²) in [5.74, 6) is -2.52. The van der Waals surface area contributed by atoms with Crippen molar-refractivity contribution in [3.63, 3.8) is 0 Å². The van der Waals surface area contributed by atoms with Gasteiger partial charge in [-0.05, 0) is 42.3 Å². The van der Waals surface area contributed by atoms with Crippen molar-refractivity contribution in [3.05, 3.63) is 70.3 Å². The van der Waals surface area contributed by atoms with Gasteiger partial charge in [-0.3, -0.25) is 13.9 Å². The lowest BCUT2D eigenvalue weighted by molar-refractivity contribution is 0.0221. The number of amides is 1. The molecule has 7 N–H and O–H groups in total. The van der Waals surface area contributed by atoms with Gasteiger partial charge in [-0.1, -0.05) is 19.9 Å². The summed E-state index contributed by atoms with van der Waals surface area (Å²) in [7, 11) is -10.2. The number of nitrogen functional groups attached to an aromatic ring is 2. The van der Waals surface area contributed by atoms with Crippen molar-refractivity contribution in [1.82, 2.24) is 5.32 Å². The number of esters is 1. The van der Waals surface area contributed by atoms with Crippen LogP contribution in [0.25, 0.3) is 0 Å². The Hall–Kier alpha value is -4.18. The van der Waals surface area contributed by atoms with Gasteiger partial charge in [0.25, 0.3) is 26.1 Å². The van der Waals surface area contributed by atoms with Gasteiger partial charge in [-0.25, -0.2) is 4.79 Å². The summed E-state index contributed by atoms with van der Waals surface area (Å²) >= 11 is 0. The van der Waals surface area contributed by atoms with Gasteiger partial charge in [0.05, 0.1) is 16.9 Å². The highest BCUT2D eigenvalue weighted by Gasteiger charge is 2.56. The van der Waals surface area contributed by atoms with E-state index in [0.717, 1.165) is 12.1 Å². The number of carbonyl (C=O) groups is 2. The molecule has 1 spiro atoms. The second-order valence-electron chi connectivity index (χ2n) is 9.71. The van der Waals surface area contributed by atoms with Crippen LogP contribution in [0.3, 0.4) is 0 Å². The topological polar surface area (TPSA) is 225 Å². The van der Waals surface area contributed by atoms with Crippen molar-refractivity contribution >= 4 is 43.5 Å². The number of nitrogens with two attached hydrogens (primary N) is 2. The van der Waals surface area contributed by atoms with E-state index >= 15 is 0 Å². The number of benzene rings is 3. The second-order valence-corrected chi connectivity index (χ2v) is 12.4. The van der Waals surface area contributed by atoms with E-state index in [2.05, 4.69) is 5.32 Å². The predicted molar refractivity (Wildman–Crippen MR) is 140 cm³/mol. The van der Waals surface area contributed by atoms with Crippen LogP contribution in [-0.2, 0) is 30.6 Å². The van der Waals surface area contributed by atoms with Crippen LogP contribution < -0.4 is 21.5 Å². The molecule has 2 heterocycles. The van der Waals surface area contributed by atoms with Gasteiger partial charge < -0.3 is 26.3 Å². The number of rotatable bonds is 5. The third-order valence-electron chi connectivity index (χ3n) is 6.56. The Kier molecular flexibility index (Phi) is 6.11. The van der Waals surface area contributed by atoms with Crippen LogP contribution in [0.15, 0.2) is 52.3 Å². The van der Waals surface area contributed by atoms with Gasteiger partial charge in [-0.15, -0.1) is 0 Å². The lowest BCUT2D eigenvalue weighted by Crippen LogP contribution is -2.34. The molecule has 2 aliphatic heterocycles. The van der Waals surface area contributed by atoms with E-state index in [1.54, 1.807) is 0 Å². The first-order valence-corrected chi connectivity index (χ1v) is 14.6. The highest BCUT2D eigenvalue weighted by molar-refractivity contribution is 7.86. The Balaban J connectivity index is 1.87. The van der Waals surface area contributed by atoms with Crippen LogP contribution in [0.1, 0.15) is 51.3 Å². The minimum atomic E-state index is -5.09. The quantitative estimate of drug-likeness (QED) is 0.164.